The molecule has 0 radical (unpaired) electrons. The number of hydrogen-bond donors (Lipinski definition) is 2. The third kappa shape index (κ3) is 6.47. The quantitative estimate of drug-likeness (QED) is 0.452. The van der Waals surface area contributed by atoms with Gasteiger partial charge in [0.2, 0.25) is 10.0 Å². The van der Waals surface area contributed by atoms with Crippen molar-refractivity contribution in [1.82, 2.24) is 5.32 Å². The Bertz CT molecular complexity index is 1150. The minimum atomic E-state index is -3.60. The van der Waals surface area contributed by atoms with E-state index in [1.54, 1.807) is 42.5 Å². The second kappa shape index (κ2) is 10.2. The van der Waals surface area contributed by atoms with Gasteiger partial charge in [-0.05, 0) is 54.8 Å². The van der Waals surface area contributed by atoms with Crippen molar-refractivity contribution in [3.63, 3.8) is 0 Å². The first-order chi connectivity index (χ1) is 14.7. The molecule has 3 aromatic rings. The lowest BCUT2D eigenvalue weighted by Crippen LogP contribution is -2.26. The third-order valence-electron chi connectivity index (χ3n) is 4.74. The van der Waals surface area contributed by atoms with Gasteiger partial charge in [-0.3, -0.25) is 9.52 Å². The SMILES string of the molecule is C[C@@H](NC(=O)c1ccc(NS(=O)(=O)CCc2cccc(Cl)c2Cl)cc1)c1ccccc1. The molecule has 162 valence electrons. The molecule has 5 nitrogen and oxygen atoms in total. The van der Waals surface area contributed by atoms with Crippen LogP contribution in [0.5, 0.6) is 0 Å². The van der Waals surface area contributed by atoms with Gasteiger partial charge < -0.3 is 5.32 Å². The average molecular weight is 477 g/mol. The summed E-state index contributed by atoms with van der Waals surface area (Å²) in [5.41, 5.74) is 2.49. The van der Waals surface area contributed by atoms with Crippen molar-refractivity contribution >= 4 is 44.8 Å². The molecule has 0 bridgehead atoms. The number of halogens is 2. The van der Waals surface area contributed by atoms with E-state index in [4.69, 9.17) is 23.2 Å². The number of amides is 1. The molecule has 0 aliphatic carbocycles. The van der Waals surface area contributed by atoms with Crippen LogP contribution in [0.3, 0.4) is 0 Å². The van der Waals surface area contributed by atoms with Crippen molar-refractivity contribution in [1.29, 1.82) is 0 Å². The van der Waals surface area contributed by atoms with Crippen LogP contribution in [0.1, 0.15) is 34.5 Å². The summed E-state index contributed by atoms with van der Waals surface area (Å²) in [6, 6.07) is 20.9. The van der Waals surface area contributed by atoms with Crippen LogP contribution in [0.15, 0.2) is 72.8 Å². The van der Waals surface area contributed by atoms with E-state index in [0.717, 1.165) is 5.56 Å². The summed E-state index contributed by atoms with van der Waals surface area (Å²) in [6.45, 7) is 1.90. The van der Waals surface area contributed by atoms with E-state index < -0.39 is 10.0 Å². The highest BCUT2D eigenvalue weighted by atomic mass is 35.5. The molecule has 0 aromatic heterocycles. The van der Waals surface area contributed by atoms with E-state index in [1.807, 2.05) is 37.3 Å². The highest BCUT2D eigenvalue weighted by Gasteiger charge is 2.15. The Balaban J connectivity index is 1.59. The van der Waals surface area contributed by atoms with Gasteiger partial charge in [-0.25, -0.2) is 8.42 Å². The summed E-state index contributed by atoms with van der Waals surface area (Å²) in [6.07, 6.45) is 0.229. The second-order valence-corrected chi connectivity index (χ2v) is 9.69. The van der Waals surface area contributed by atoms with Gasteiger partial charge in [-0.1, -0.05) is 65.7 Å². The van der Waals surface area contributed by atoms with Crippen LogP contribution in [0.25, 0.3) is 0 Å². The fourth-order valence-electron chi connectivity index (χ4n) is 3.01. The summed E-state index contributed by atoms with van der Waals surface area (Å²) in [5, 5.41) is 3.68. The molecule has 0 heterocycles. The Hall–Kier alpha value is -2.54. The summed E-state index contributed by atoms with van der Waals surface area (Å²) in [7, 11) is -3.60. The topological polar surface area (TPSA) is 75.3 Å². The molecular formula is C23H22Cl2N2O3S. The molecule has 3 aromatic carbocycles. The van der Waals surface area contributed by atoms with E-state index >= 15 is 0 Å². The zero-order valence-electron chi connectivity index (χ0n) is 16.8. The molecule has 1 amide bonds. The van der Waals surface area contributed by atoms with E-state index in [0.29, 0.717) is 26.9 Å². The molecule has 2 N–H and O–H groups in total. The molecule has 3 rings (SSSR count). The Morgan fingerprint density at radius 2 is 1.61 bits per heavy atom. The lowest BCUT2D eigenvalue weighted by molar-refractivity contribution is 0.0940. The fourth-order valence-corrected chi connectivity index (χ4v) is 4.51. The monoisotopic (exact) mass is 476 g/mol. The van der Waals surface area contributed by atoms with Crippen molar-refractivity contribution in [2.24, 2.45) is 0 Å². The lowest BCUT2D eigenvalue weighted by Gasteiger charge is -2.14. The highest BCUT2D eigenvalue weighted by molar-refractivity contribution is 7.92. The zero-order valence-corrected chi connectivity index (χ0v) is 19.1. The first-order valence-electron chi connectivity index (χ1n) is 9.64. The molecule has 0 aliphatic heterocycles. The Kier molecular flexibility index (Phi) is 7.59. The minimum absolute atomic E-state index is 0.148. The van der Waals surface area contributed by atoms with Crippen molar-refractivity contribution < 1.29 is 13.2 Å². The molecule has 1 atom stereocenters. The second-order valence-electron chi connectivity index (χ2n) is 7.07. The van der Waals surface area contributed by atoms with Crippen LogP contribution in [-0.4, -0.2) is 20.1 Å². The molecule has 0 fully saturated rings. The van der Waals surface area contributed by atoms with Crippen LogP contribution >= 0.6 is 23.2 Å². The lowest BCUT2D eigenvalue weighted by atomic mass is 10.1. The number of rotatable bonds is 8. The molecule has 8 heteroatoms. The number of hydrogen-bond acceptors (Lipinski definition) is 3. The molecule has 0 unspecified atom stereocenters. The molecule has 31 heavy (non-hydrogen) atoms. The maximum atomic E-state index is 12.5. The average Bonchev–Trinajstić information content (AvgIpc) is 2.75. The van der Waals surface area contributed by atoms with Crippen LogP contribution in [0.4, 0.5) is 5.69 Å². The maximum Gasteiger partial charge on any atom is 0.251 e. The number of aryl methyl sites for hydroxylation is 1. The number of nitrogens with one attached hydrogen (secondary N) is 2. The summed E-state index contributed by atoms with van der Waals surface area (Å²) in [5.74, 6) is -0.384. The summed E-state index contributed by atoms with van der Waals surface area (Å²) >= 11 is 12.1. The van der Waals surface area contributed by atoms with Crippen LogP contribution < -0.4 is 10.0 Å². The number of benzene rings is 3. The number of anilines is 1. The fraction of sp³-hybridized carbons (Fsp3) is 0.174. The van der Waals surface area contributed by atoms with Crippen LogP contribution in [0.2, 0.25) is 10.0 Å². The van der Waals surface area contributed by atoms with Crippen molar-refractivity contribution in [3.8, 4) is 0 Å². The minimum Gasteiger partial charge on any atom is -0.346 e. The Morgan fingerprint density at radius 3 is 2.29 bits per heavy atom. The predicted molar refractivity (Wildman–Crippen MR) is 126 cm³/mol. The molecule has 0 saturated carbocycles. The van der Waals surface area contributed by atoms with Gasteiger partial charge in [0.15, 0.2) is 0 Å². The van der Waals surface area contributed by atoms with Gasteiger partial charge in [-0.15, -0.1) is 0 Å². The molecule has 0 spiro atoms. The van der Waals surface area contributed by atoms with E-state index in [-0.39, 0.29) is 24.1 Å². The van der Waals surface area contributed by atoms with Crippen molar-refractivity contribution in [2.45, 2.75) is 19.4 Å². The van der Waals surface area contributed by atoms with E-state index in [2.05, 4.69) is 10.0 Å². The first kappa shape index (κ1) is 23.1. The summed E-state index contributed by atoms with van der Waals surface area (Å²) in [4.78, 5) is 12.5. The predicted octanol–water partition coefficient (Wildman–Crippen LogP) is 5.47. The Labute approximate surface area is 192 Å². The van der Waals surface area contributed by atoms with E-state index in [9.17, 15) is 13.2 Å². The largest absolute Gasteiger partial charge is 0.346 e. The molecule has 0 saturated heterocycles. The van der Waals surface area contributed by atoms with Gasteiger partial charge in [0.05, 0.1) is 21.8 Å². The molecule has 0 aliphatic rings. The highest BCUT2D eigenvalue weighted by Crippen LogP contribution is 2.26. The van der Waals surface area contributed by atoms with Gasteiger partial charge in [0.1, 0.15) is 0 Å². The van der Waals surface area contributed by atoms with Crippen LogP contribution in [0, 0.1) is 0 Å². The Morgan fingerprint density at radius 1 is 0.935 bits per heavy atom. The number of carbonyl (C=O) groups is 1. The van der Waals surface area contributed by atoms with Gasteiger partial charge in [-0.2, -0.15) is 0 Å². The van der Waals surface area contributed by atoms with Gasteiger partial charge >= 0.3 is 0 Å². The maximum absolute atomic E-state index is 12.5. The van der Waals surface area contributed by atoms with Crippen molar-refractivity contribution in [3.05, 3.63) is 99.5 Å². The van der Waals surface area contributed by atoms with Gasteiger partial charge in [0, 0.05) is 11.3 Å². The van der Waals surface area contributed by atoms with Crippen molar-refractivity contribution in [2.75, 3.05) is 10.5 Å². The zero-order chi connectivity index (χ0) is 22.4. The first-order valence-corrected chi connectivity index (χ1v) is 12.1. The smallest absolute Gasteiger partial charge is 0.251 e. The van der Waals surface area contributed by atoms with Crippen LogP contribution in [-0.2, 0) is 16.4 Å². The van der Waals surface area contributed by atoms with E-state index in [1.165, 1.54) is 0 Å². The normalized spacial score (nSPS) is 12.2. The molecular weight excluding hydrogens is 455 g/mol. The number of sulfonamides is 1. The summed E-state index contributed by atoms with van der Waals surface area (Å²) < 4.78 is 27.4. The van der Waals surface area contributed by atoms with Gasteiger partial charge in [0.25, 0.3) is 5.91 Å². The number of carbonyl (C=O) groups excluding carboxylic acids is 1. The standard InChI is InChI=1S/C23H22Cl2N2O3S/c1-16(17-6-3-2-4-7-17)26-23(28)19-10-12-20(13-11-19)27-31(29,30)15-14-18-8-5-9-21(24)22(18)25/h2-13,16,27H,14-15H2,1H3,(H,26,28)/t16-/m1/s1. The third-order valence-corrected chi connectivity index (χ3v) is 6.89.